The van der Waals surface area contributed by atoms with Crippen LogP contribution in [0.2, 0.25) is 0 Å². The van der Waals surface area contributed by atoms with Crippen molar-refractivity contribution in [3.8, 4) is 0 Å². The lowest BCUT2D eigenvalue weighted by Crippen LogP contribution is -2.34. The predicted molar refractivity (Wildman–Crippen MR) is 65.8 cm³/mol. The van der Waals surface area contributed by atoms with E-state index in [1.165, 1.54) is 17.0 Å². The van der Waals surface area contributed by atoms with E-state index in [-0.39, 0.29) is 23.9 Å². The molecule has 0 saturated carbocycles. The third kappa shape index (κ3) is 3.04. The van der Waals surface area contributed by atoms with Crippen molar-refractivity contribution in [3.63, 3.8) is 0 Å². The van der Waals surface area contributed by atoms with Crippen molar-refractivity contribution >= 4 is 23.2 Å². The molecule has 9 nitrogen and oxygen atoms in total. The van der Waals surface area contributed by atoms with Crippen LogP contribution >= 0.6 is 0 Å². The van der Waals surface area contributed by atoms with Crippen LogP contribution in [0.25, 0.3) is 0 Å². The lowest BCUT2D eigenvalue weighted by atomic mass is 10.3. The molecule has 9 heteroatoms. The molecule has 0 atom stereocenters. The van der Waals surface area contributed by atoms with E-state index in [0.29, 0.717) is 6.54 Å². The summed E-state index contributed by atoms with van der Waals surface area (Å²) in [5.41, 5.74) is 7.16. The lowest BCUT2D eigenvalue weighted by molar-refractivity contribution is -0.384. The number of nitro groups is 1. The summed E-state index contributed by atoms with van der Waals surface area (Å²) in [7, 11) is 0. The summed E-state index contributed by atoms with van der Waals surface area (Å²) in [5.74, 6) is 4.91. The van der Waals surface area contributed by atoms with E-state index in [2.05, 4.69) is 10.4 Å². The summed E-state index contributed by atoms with van der Waals surface area (Å²) in [6.07, 6.45) is 0. The number of primary amides is 1. The monoisotopic (exact) mass is 254 g/mol. The van der Waals surface area contributed by atoms with Gasteiger partial charge in [0, 0.05) is 12.6 Å². The number of carbonyl (C=O) groups excluding carboxylic acids is 1. The number of pyridine rings is 1. The van der Waals surface area contributed by atoms with Gasteiger partial charge in [-0.3, -0.25) is 14.9 Å². The summed E-state index contributed by atoms with van der Waals surface area (Å²) in [6, 6.07) is 2.64. The minimum Gasteiger partial charge on any atom is -0.368 e. The molecule has 1 amide bonds. The quantitative estimate of drug-likeness (QED) is 0.356. The Balaban J connectivity index is 3.23. The van der Waals surface area contributed by atoms with Crippen LogP contribution in [0.1, 0.15) is 6.92 Å². The fraction of sp³-hybridized carbons (Fsp3) is 0.333. The summed E-state index contributed by atoms with van der Waals surface area (Å²) in [5, 5.41) is 10.9. The lowest BCUT2D eigenvalue weighted by Gasteiger charge is -2.20. The van der Waals surface area contributed by atoms with Crippen LogP contribution < -0.4 is 21.9 Å². The number of hydrogen-bond donors (Lipinski definition) is 3. The van der Waals surface area contributed by atoms with E-state index < -0.39 is 10.8 Å². The Hall–Kier alpha value is -2.42. The number of likely N-dealkylation sites (N-methyl/N-ethyl adjacent to an activating group) is 1. The summed E-state index contributed by atoms with van der Waals surface area (Å²) in [4.78, 5) is 26.6. The third-order valence-corrected chi connectivity index (χ3v) is 2.23. The van der Waals surface area contributed by atoms with Gasteiger partial charge in [0.25, 0.3) is 0 Å². The normalized spacial score (nSPS) is 9.89. The number of aromatic nitrogens is 1. The summed E-state index contributed by atoms with van der Waals surface area (Å²) < 4.78 is 0. The Kier molecular flexibility index (Phi) is 4.38. The second kappa shape index (κ2) is 5.77. The number of anilines is 2. The van der Waals surface area contributed by atoms with Gasteiger partial charge < -0.3 is 16.1 Å². The first kappa shape index (κ1) is 13.6. The van der Waals surface area contributed by atoms with Crippen LogP contribution in [0.4, 0.5) is 17.3 Å². The number of amides is 1. The molecular formula is C9H14N6O3. The molecule has 1 aromatic rings. The minimum atomic E-state index is -0.598. The van der Waals surface area contributed by atoms with Crippen LogP contribution in [-0.2, 0) is 4.79 Å². The van der Waals surface area contributed by atoms with Crippen molar-refractivity contribution in [1.82, 2.24) is 4.98 Å². The summed E-state index contributed by atoms with van der Waals surface area (Å²) in [6.45, 7) is 1.93. The summed E-state index contributed by atoms with van der Waals surface area (Å²) >= 11 is 0. The van der Waals surface area contributed by atoms with E-state index in [1.54, 1.807) is 6.92 Å². The van der Waals surface area contributed by atoms with E-state index in [4.69, 9.17) is 11.6 Å². The highest BCUT2D eigenvalue weighted by Gasteiger charge is 2.22. The third-order valence-electron chi connectivity index (χ3n) is 2.23. The maximum Gasteiger partial charge on any atom is 0.311 e. The number of hydrazine groups is 1. The molecule has 0 saturated heterocycles. The zero-order valence-electron chi connectivity index (χ0n) is 9.79. The van der Waals surface area contributed by atoms with E-state index in [1.807, 2.05) is 0 Å². The molecule has 0 aliphatic carbocycles. The van der Waals surface area contributed by atoms with Crippen molar-refractivity contribution in [1.29, 1.82) is 0 Å². The Morgan fingerprint density at radius 3 is 2.72 bits per heavy atom. The van der Waals surface area contributed by atoms with Gasteiger partial charge in [-0.15, -0.1) is 0 Å². The van der Waals surface area contributed by atoms with Crippen molar-refractivity contribution in [3.05, 3.63) is 22.2 Å². The molecule has 0 aliphatic heterocycles. The van der Waals surface area contributed by atoms with Gasteiger partial charge in [-0.2, -0.15) is 0 Å². The van der Waals surface area contributed by atoms with Crippen molar-refractivity contribution in [2.75, 3.05) is 23.4 Å². The van der Waals surface area contributed by atoms with Crippen LogP contribution in [0, 0.1) is 10.1 Å². The van der Waals surface area contributed by atoms with Gasteiger partial charge in [0.2, 0.25) is 11.7 Å². The topological polar surface area (TPSA) is 140 Å². The molecule has 1 aromatic heterocycles. The maximum absolute atomic E-state index is 10.9. The molecule has 0 unspecified atom stereocenters. The second-order valence-corrected chi connectivity index (χ2v) is 3.42. The number of carbonyl (C=O) groups is 1. The zero-order chi connectivity index (χ0) is 13.7. The Bertz CT molecular complexity index is 464. The number of nitrogens with one attached hydrogen (secondary N) is 1. The Morgan fingerprint density at radius 1 is 1.61 bits per heavy atom. The SMILES string of the molecule is CCN(CC(N)=O)c1nc(NN)ccc1[N+](=O)[O-]. The molecular weight excluding hydrogens is 240 g/mol. The fourth-order valence-corrected chi connectivity index (χ4v) is 1.42. The fourth-order valence-electron chi connectivity index (χ4n) is 1.42. The number of nitrogens with zero attached hydrogens (tertiary/aromatic N) is 3. The molecule has 0 fully saturated rings. The molecule has 5 N–H and O–H groups in total. The van der Waals surface area contributed by atoms with Gasteiger partial charge in [-0.25, -0.2) is 10.8 Å². The van der Waals surface area contributed by atoms with E-state index in [9.17, 15) is 14.9 Å². The molecule has 0 spiro atoms. The number of rotatable bonds is 6. The number of nitrogens with two attached hydrogens (primary N) is 2. The van der Waals surface area contributed by atoms with Gasteiger partial charge in [0.05, 0.1) is 11.5 Å². The number of hydrogen-bond acceptors (Lipinski definition) is 7. The largest absolute Gasteiger partial charge is 0.368 e. The first-order chi connectivity index (χ1) is 8.49. The first-order valence-corrected chi connectivity index (χ1v) is 5.14. The zero-order valence-corrected chi connectivity index (χ0v) is 9.79. The maximum atomic E-state index is 10.9. The Labute approximate surface area is 103 Å². The molecule has 0 bridgehead atoms. The standard InChI is InChI=1S/C9H14N6O3/c1-2-14(5-7(10)16)9-6(15(17)18)3-4-8(12-9)13-11/h3-4H,2,5,11H2,1H3,(H2,10,16)(H,12,13). The van der Waals surface area contributed by atoms with Gasteiger partial charge in [-0.05, 0) is 13.0 Å². The smallest absolute Gasteiger partial charge is 0.311 e. The van der Waals surface area contributed by atoms with Crippen LogP contribution in [0.3, 0.4) is 0 Å². The van der Waals surface area contributed by atoms with Crippen molar-refractivity contribution in [2.24, 2.45) is 11.6 Å². The highest BCUT2D eigenvalue weighted by atomic mass is 16.6. The van der Waals surface area contributed by atoms with Crippen molar-refractivity contribution < 1.29 is 9.72 Å². The van der Waals surface area contributed by atoms with Crippen LogP contribution in [-0.4, -0.2) is 28.9 Å². The predicted octanol–water partition coefficient (Wildman–Crippen LogP) is -0.413. The van der Waals surface area contributed by atoms with E-state index in [0.717, 1.165) is 0 Å². The highest BCUT2D eigenvalue weighted by molar-refractivity contribution is 5.80. The van der Waals surface area contributed by atoms with E-state index >= 15 is 0 Å². The number of nitrogen functional groups attached to an aromatic ring is 1. The molecule has 18 heavy (non-hydrogen) atoms. The molecule has 98 valence electrons. The second-order valence-electron chi connectivity index (χ2n) is 3.42. The van der Waals surface area contributed by atoms with Crippen molar-refractivity contribution in [2.45, 2.75) is 6.92 Å². The highest BCUT2D eigenvalue weighted by Crippen LogP contribution is 2.27. The average molecular weight is 254 g/mol. The first-order valence-electron chi connectivity index (χ1n) is 5.14. The average Bonchev–Trinajstić information content (AvgIpc) is 2.34. The molecule has 1 rings (SSSR count). The molecule has 1 heterocycles. The van der Waals surface area contributed by atoms with Gasteiger partial charge >= 0.3 is 5.69 Å². The molecule has 0 aromatic carbocycles. The van der Waals surface area contributed by atoms with Gasteiger partial charge in [0.1, 0.15) is 5.82 Å². The van der Waals surface area contributed by atoms with Gasteiger partial charge in [-0.1, -0.05) is 0 Å². The minimum absolute atomic E-state index is 0.0525. The van der Waals surface area contributed by atoms with Crippen LogP contribution in [0.15, 0.2) is 12.1 Å². The van der Waals surface area contributed by atoms with Gasteiger partial charge in [0.15, 0.2) is 0 Å². The molecule has 0 aliphatic rings. The molecule has 0 radical (unpaired) electrons. The Morgan fingerprint density at radius 2 is 2.28 bits per heavy atom. The van der Waals surface area contributed by atoms with Crippen LogP contribution in [0.5, 0.6) is 0 Å².